The van der Waals surface area contributed by atoms with Crippen molar-refractivity contribution in [3.8, 4) is 0 Å². The van der Waals surface area contributed by atoms with E-state index >= 15 is 0 Å². The molecule has 9 nitrogen and oxygen atoms in total. The normalized spacial score (nSPS) is 25.7. The van der Waals surface area contributed by atoms with E-state index in [1.165, 1.54) is 10.6 Å². The smallest absolute Gasteiger partial charge is 0.333 e. The number of fused-ring (bicyclic) bond motifs is 1. The van der Waals surface area contributed by atoms with Gasteiger partial charge in [0, 0.05) is 24.5 Å². The Labute approximate surface area is 199 Å². The Kier molecular flexibility index (Phi) is 6.46. The van der Waals surface area contributed by atoms with Crippen molar-refractivity contribution in [2.45, 2.75) is 76.1 Å². The van der Waals surface area contributed by atoms with Crippen LogP contribution in [-0.2, 0) is 9.63 Å². The molecule has 182 valence electrons. The number of pyridine rings is 1. The number of carbonyl (C=O) groups is 1. The maximum absolute atomic E-state index is 14.0. The molecule has 5 rings (SSSR count). The van der Waals surface area contributed by atoms with Crippen molar-refractivity contribution in [1.82, 2.24) is 19.4 Å². The Balaban J connectivity index is 1.41. The Hall–Kier alpha value is -2.69. The molecule has 0 bridgehead atoms. The van der Waals surface area contributed by atoms with Crippen molar-refractivity contribution >= 4 is 34.4 Å². The molecule has 2 aromatic rings. The molecule has 1 aliphatic carbocycles. The third kappa shape index (κ3) is 4.37. The van der Waals surface area contributed by atoms with E-state index in [4.69, 9.17) is 4.84 Å². The lowest BCUT2D eigenvalue weighted by Gasteiger charge is -2.31. The highest BCUT2D eigenvalue weighted by Gasteiger charge is 2.31. The Bertz CT molecular complexity index is 1240. The molecule has 0 radical (unpaired) electrons. The molecule has 0 aromatic carbocycles. The van der Waals surface area contributed by atoms with Gasteiger partial charge < -0.3 is 10.2 Å². The minimum atomic E-state index is -0.597. The molecule has 1 amide bonds. The van der Waals surface area contributed by atoms with Crippen LogP contribution in [0, 0.1) is 5.82 Å². The first-order valence-corrected chi connectivity index (χ1v) is 13.0. The first-order chi connectivity index (χ1) is 16.4. The van der Waals surface area contributed by atoms with Crippen LogP contribution in [0.25, 0.3) is 11.0 Å². The second kappa shape index (κ2) is 9.52. The maximum atomic E-state index is 14.0. The highest BCUT2D eigenvalue weighted by molar-refractivity contribution is 7.99. The van der Waals surface area contributed by atoms with E-state index in [9.17, 15) is 18.8 Å². The first-order valence-electron chi connectivity index (χ1n) is 11.9. The minimum Gasteiger partial charge on any atom is -0.392 e. The molecule has 4 heterocycles. The number of aromatic nitrogens is 3. The van der Waals surface area contributed by atoms with Crippen molar-refractivity contribution < 1.29 is 14.0 Å². The number of oxime groups is 1. The van der Waals surface area contributed by atoms with E-state index in [0.29, 0.717) is 37.8 Å². The Morgan fingerprint density at radius 2 is 1.82 bits per heavy atom. The lowest BCUT2D eigenvalue weighted by molar-refractivity contribution is -0.115. The van der Waals surface area contributed by atoms with Gasteiger partial charge in [0.05, 0.1) is 11.6 Å². The molecule has 11 heteroatoms. The largest absolute Gasteiger partial charge is 0.392 e. The van der Waals surface area contributed by atoms with Gasteiger partial charge in [0.2, 0.25) is 0 Å². The number of halogens is 1. The van der Waals surface area contributed by atoms with E-state index in [-0.39, 0.29) is 46.9 Å². The average molecular weight is 490 g/mol. The number of thioether (sulfide) groups is 1. The number of hydrogen-bond donors (Lipinski definition) is 1. The molecule has 3 aliphatic rings. The lowest BCUT2D eigenvalue weighted by atomic mass is 9.90. The van der Waals surface area contributed by atoms with Crippen LogP contribution in [0.15, 0.2) is 27.0 Å². The van der Waals surface area contributed by atoms with Gasteiger partial charge >= 0.3 is 5.69 Å². The van der Waals surface area contributed by atoms with E-state index in [2.05, 4.69) is 15.5 Å². The molecule has 2 aromatic heterocycles. The van der Waals surface area contributed by atoms with Crippen LogP contribution in [0.2, 0.25) is 0 Å². The molecule has 2 fully saturated rings. The van der Waals surface area contributed by atoms with Crippen molar-refractivity contribution in [2.75, 3.05) is 11.5 Å². The summed E-state index contributed by atoms with van der Waals surface area (Å²) in [5.74, 6) is 1.03. The molecule has 1 N–H and O–H groups in total. The van der Waals surface area contributed by atoms with Crippen molar-refractivity contribution in [2.24, 2.45) is 5.16 Å². The number of nitrogens with one attached hydrogen (secondary N) is 1. The lowest BCUT2D eigenvalue weighted by Crippen LogP contribution is -2.47. The number of hydrogen-bond acceptors (Lipinski definition) is 7. The monoisotopic (exact) mass is 489 g/mol. The minimum absolute atomic E-state index is 0.0600. The van der Waals surface area contributed by atoms with Gasteiger partial charge in [-0.05, 0) is 63.0 Å². The van der Waals surface area contributed by atoms with E-state index < -0.39 is 11.4 Å². The highest BCUT2D eigenvalue weighted by atomic mass is 32.2. The molecule has 2 aliphatic heterocycles. The second-order valence-electron chi connectivity index (χ2n) is 9.33. The van der Waals surface area contributed by atoms with Crippen molar-refractivity contribution in [1.29, 1.82) is 0 Å². The van der Waals surface area contributed by atoms with Gasteiger partial charge in [0.15, 0.2) is 0 Å². The zero-order chi connectivity index (χ0) is 23.8. The van der Waals surface area contributed by atoms with Crippen LogP contribution in [0.1, 0.15) is 64.0 Å². The van der Waals surface area contributed by atoms with Crippen LogP contribution >= 0.6 is 11.8 Å². The van der Waals surface area contributed by atoms with Gasteiger partial charge in [-0.3, -0.25) is 18.7 Å². The number of carbonyl (C=O) groups excluding carboxylic acids is 1. The summed E-state index contributed by atoms with van der Waals surface area (Å²) in [6.07, 6.45) is 5.45. The standard InChI is InChI=1S/C23H28FN5O4S/c1-13-10-19(27-33-13)21(30)26-15-2-4-16(5-3-15)29-22(31)18-11-14(24)12-25-20(18)28(23(29)32)17-6-8-34-9-7-17/h11-13,15-17H,2-10H2,1H3,(H,26,30)/t13?,15-,16+. The second-order valence-corrected chi connectivity index (χ2v) is 10.6. The van der Waals surface area contributed by atoms with Crippen LogP contribution < -0.4 is 16.6 Å². The van der Waals surface area contributed by atoms with Gasteiger partial charge in [-0.2, -0.15) is 11.8 Å². The topological polar surface area (TPSA) is 108 Å². The molecular formula is C23H28FN5O4S. The first kappa shape index (κ1) is 23.1. The summed E-state index contributed by atoms with van der Waals surface area (Å²) in [7, 11) is 0. The van der Waals surface area contributed by atoms with Crippen LogP contribution in [0.4, 0.5) is 4.39 Å². The van der Waals surface area contributed by atoms with E-state index in [0.717, 1.165) is 30.5 Å². The maximum Gasteiger partial charge on any atom is 0.333 e. The molecule has 0 spiro atoms. The van der Waals surface area contributed by atoms with Crippen LogP contribution in [0.5, 0.6) is 0 Å². The molecule has 1 saturated heterocycles. The predicted molar refractivity (Wildman–Crippen MR) is 128 cm³/mol. The molecule has 34 heavy (non-hydrogen) atoms. The molecular weight excluding hydrogens is 461 g/mol. The van der Waals surface area contributed by atoms with Gasteiger partial charge in [-0.1, -0.05) is 5.16 Å². The fraction of sp³-hybridized carbons (Fsp3) is 0.609. The summed E-state index contributed by atoms with van der Waals surface area (Å²) in [5.41, 5.74) is -0.206. The Morgan fingerprint density at radius 3 is 2.50 bits per heavy atom. The van der Waals surface area contributed by atoms with Gasteiger partial charge in [0.25, 0.3) is 11.5 Å². The number of rotatable bonds is 4. The summed E-state index contributed by atoms with van der Waals surface area (Å²) in [6.45, 7) is 1.86. The third-order valence-corrected chi connectivity index (χ3v) is 8.01. The fourth-order valence-corrected chi connectivity index (χ4v) is 6.26. The van der Waals surface area contributed by atoms with Crippen LogP contribution in [-0.4, -0.2) is 49.4 Å². The summed E-state index contributed by atoms with van der Waals surface area (Å²) < 4.78 is 16.9. The zero-order valence-corrected chi connectivity index (χ0v) is 19.9. The fourth-order valence-electron chi connectivity index (χ4n) is 5.18. The average Bonchev–Trinajstić information content (AvgIpc) is 3.28. The van der Waals surface area contributed by atoms with Gasteiger partial charge in [0.1, 0.15) is 23.3 Å². The van der Waals surface area contributed by atoms with Crippen molar-refractivity contribution in [3.05, 3.63) is 38.9 Å². The quantitative estimate of drug-likeness (QED) is 0.707. The number of amides is 1. The summed E-state index contributed by atoms with van der Waals surface area (Å²) >= 11 is 1.84. The Morgan fingerprint density at radius 1 is 1.12 bits per heavy atom. The summed E-state index contributed by atoms with van der Waals surface area (Å²) in [4.78, 5) is 48.7. The summed E-state index contributed by atoms with van der Waals surface area (Å²) in [6, 6.07) is 0.757. The molecule has 1 saturated carbocycles. The highest BCUT2D eigenvalue weighted by Crippen LogP contribution is 2.30. The number of nitrogens with zero attached hydrogens (tertiary/aromatic N) is 4. The SMILES string of the molecule is CC1CC(C(=O)N[C@H]2CC[C@@H](n3c(=O)c4cc(F)cnc4n(C4CCSCC4)c3=O)CC2)=NO1. The van der Waals surface area contributed by atoms with Crippen molar-refractivity contribution in [3.63, 3.8) is 0 Å². The molecule has 1 unspecified atom stereocenters. The van der Waals surface area contributed by atoms with Gasteiger partial charge in [-0.15, -0.1) is 0 Å². The van der Waals surface area contributed by atoms with Gasteiger partial charge in [-0.25, -0.2) is 14.2 Å². The zero-order valence-electron chi connectivity index (χ0n) is 19.0. The van der Waals surface area contributed by atoms with Crippen LogP contribution in [0.3, 0.4) is 0 Å². The van der Waals surface area contributed by atoms with E-state index in [1.807, 2.05) is 18.7 Å². The molecule has 1 atom stereocenters. The van der Waals surface area contributed by atoms with E-state index in [1.54, 1.807) is 4.57 Å². The predicted octanol–water partition coefficient (Wildman–Crippen LogP) is 2.53. The third-order valence-electron chi connectivity index (χ3n) is 6.96. The summed E-state index contributed by atoms with van der Waals surface area (Å²) in [5, 5.41) is 6.98.